The third-order valence-corrected chi connectivity index (χ3v) is 4.57. The summed E-state index contributed by atoms with van der Waals surface area (Å²) in [5, 5.41) is 0. The number of rotatable bonds is 5. The number of aryl methyl sites for hydroxylation is 2. The van der Waals surface area contributed by atoms with Crippen LogP contribution in [0.1, 0.15) is 11.4 Å². The van der Waals surface area contributed by atoms with Gasteiger partial charge in [0.15, 0.2) is 17.0 Å². The van der Waals surface area contributed by atoms with Gasteiger partial charge in [0.2, 0.25) is 0 Å². The number of terminal acetylenes is 1. The number of likely N-dealkylation sites (N-methyl/N-ethyl adjacent to an activating group) is 1. The van der Waals surface area contributed by atoms with Crippen LogP contribution in [-0.4, -0.2) is 50.8 Å². The van der Waals surface area contributed by atoms with Gasteiger partial charge in [0.25, 0.3) is 5.56 Å². The molecule has 0 bridgehead atoms. The summed E-state index contributed by atoms with van der Waals surface area (Å²) in [6, 6.07) is 7.46. The number of nitrogens with zero attached hydrogens (tertiary/aromatic N) is 5. The molecule has 0 amide bonds. The summed E-state index contributed by atoms with van der Waals surface area (Å²) in [5.41, 5.74) is 0.308. The molecule has 0 saturated carbocycles. The van der Waals surface area contributed by atoms with E-state index >= 15 is 0 Å². The van der Waals surface area contributed by atoms with Crippen LogP contribution >= 0.6 is 0 Å². The van der Waals surface area contributed by atoms with Crippen molar-refractivity contribution in [2.45, 2.75) is 6.54 Å². The first-order valence-electron chi connectivity index (χ1n) is 9.32. The topological polar surface area (TPSA) is 74.3 Å². The van der Waals surface area contributed by atoms with Crippen molar-refractivity contribution in [2.24, 2.45) is 14.1 Å². The van der Waals surface area contributed by atoms with Crippen LogP contribution < -0.4 is 16.0 Å². The van der Waals surface area contributed by atoms with Crippen molar-refractivity contribution in [3.8, 4) is 29.9 Å². The lowest BCUT2D eigenvalue weighted by Crippen LogP contribution is -2.39. The minimum absolute atomic E-state index is 0.103. The van der Waals surface area contributed by atoms with E-state index in [1.165, 1.54) is 4.57 Å². The van der Waals surface area contributed by atoms with Gasteiger partial charge >= 0.3 is 5.69 Å². The lowest BCUT2D eigenvalue weighted by molar-refractivity contribution is 0.261. The number of ether oxygens (including phenoxy) is 1. The van der Waals surface area contributed by atoms with Crippen molar-refractivity contribution < 1.29 is 4.74 Å². The summed E-state index contributed by atoms with van der Waals surface area (Å²) in [6.45, 7) is 1.28. The fourth-order valence-corrected chi connectivity index (χ4v) is 2.92. The summed E-state index contributed by atoms with van der Waals surface area (Å²) in [6.07, 6.45) is 5.29. The molecule has 0 N–H and O–H groups in total. The third-order valence-electron chi connectivity index (χ3n) is 4.57. The lowest BCUT2D eigenvalue weighted by atomic mass is 10.2. The molecule has 2 aromatic heterocycles. The predicted octanol–water partition coefficient (Wildman–Crippen LogP) is 0.407. The molecule has 2 heterocycles. The molecule has 1 aromatic carbocycles. The molecule has 0 aliphatic carbocycles. The van der Waals surface area contributed by atoms with Crippen LogP contribution in [0, 0.1) is 24.2 Å². The van der Waals surface area contributed by atoms with Gasteiger partial charge < -0.3 is 14.2 Å². The second-order valence-electron chi connectivity index (χ2n) is 7.03. The van der Waals surface area contributed by atoms with Gasteiger partial charge in [0.05, 0.1) is 6.54 Å². The first kappa shape index (κ1) is 21.0. The first-order valence-corrected chi connectivity index (χ1v) is 9.32. The highest BCUT2D eigenvalue weighted by Crippen LogP contribution is 2.13. The molecule has 8 nitrogen and oxygen atoms in total. The Morgan fingerprint density at radius 1 is 1.17 bits per heavy atom. The number of fused-ring (bicyclic) bond motifs is 1. The van der Waals surface area contributed by atoms with E-state index in [-0.39, 0.29) is 17.7 Å². The Balaban J connectivity index is 1.98. The molecule has 0 unspecified atom stereocenters. The third kappa shape index (κ3) is 4.14. The molecule has 0 fully saturated rings. The molecular formula is C22H23N5O3. The normalized spacial score (nSPS) is 10.7. The fraction of sp³-hybridized carbons (Fsp3) is 0.318. The van der Waals surface area contributed by atoms with Crippen molar-refractivity contribution in [2.75, 3.05) is 27.2 Å². The predicted molar refractivity (Wildman–Crippen MR) is 116 cm³/mol. The molecule has 0 spiro atoms. The molecule has 3 aromatic rings. The first-order chi connectivity index (χ1) is 14.3. The minimum atomic E-state index is -0.509. The van der Waals surface area contributed by atoms with Gasteiger partial charge in [-0.15, -0.1) is 6.42 Å². The Bertz CT molecular complexity index is 1310. The van der Waals surface area contributed by atoms with Crippen molar-refractivity contribution in [1.29, 1.82) is 0 Å². The highest BCUT2D eigenvalue weighted by Gasteiger charge is 2.17. The van der Waals surface area contributed by atoms with Gasteiger partial charge in [0, 0.05) is 26.2 Å². The van der Waals surface area contributed by atoms with Crippen LogP contribution in [0.2, 0.25) is 0 Å². The zero-order chi connectivity index (χ0) is 21.8. The molecule has 0 aliphatic rings. The van der Waals surface area contributed by atoms with Gasteiger partial charge in [-0.05, 0) is 38.2 Å². The molecule has 8 heteroatoms. The molecule has 0 saturated heterocycles. The van der Waals surface area contributed by atoms with E-state index in [9.17, 15) is 9.59 Å². The van der Waals surface area contributed by atoms with Gasteiger partial charge in [-0.1, -0.05) is 17.9 Å². The van der Waals surface area contributed by atoms with Crippen molar-refractivity contribution in [1.82, 2.24) is 23.6 Å². The van der Waals surface area contributed by atoms with Crippen molar-refractivity contribution in [3.05, 3.63) is 56.5 Å². The summed E-state index contributed by atoms with van der Waals surface area (Å²) in [5.74, 6) is 9.46. The monoisotopic (exact) mass is 405 g/mol. The Labute approximate surface area is 174 Å². The van der Waals surface area contributed by atoms with Gasteiger partial charge in [-0.2, -0.15) is 0 Å². The van der Waals surface area contributed by atoms with E-state index in [0.29, 0.717) is 12.4 Å². The fourth-order valence-electron chi connectivity index (χ4n) is 2.92. The molecule has 30 heavy (non-hydrogen) atoms. The zero-order valence-corrected chi connectivity index (χ0v) is 17.5. The standard InChI is InChI=1S/C22H23N5O3/c1-6-12-27-21(28)19-20(26(5)22(27)29)23-18(25(19)4)11-10-16-8-7-9-17(15-16)30-14-13-24(2)3/h1,7-9,15H,12-14H2,2-5H3. The number of benzene rings is 1. The lowest BCUT2D eigenvalue weighted by Gasteiger charge is -2.10. The Hall–Kier alpha value is -3.75. The van der Waals surface area contributed by atoms with E-state index in [4.69, 9.17) is 11.2 Å². The quantitative estimate of drug-likeness (QED) is 0.575. The summed E-state index contributed by atoms with van der Waals surface area (Å²) in [7, 11) is 7.21. The summed E-state index contributed by atoms with van der Waals surface area (Å²) < 4.78 is 9.63. The van der Waals surface area contributed by atoms with Crippen LogP contribution in [-0.2, 0) is 20.6 Å². The highest BCUT2D eigenvalue weighted by molar-refractivity contribution is 5.72. The second kappa shape index (κ2) is 8.73. The number of aromatic nitrogens is 4. The Morgan fingerprint density at radius 3 is 2.63 bits per heavy atom. The van der Waals surface area contributed by atoms with E-state index in [0.717, 1.165) is 22.4 Å². The molecule has 3 rings (SSSR count). The van der Waals surface area contributed by atoms with E-state index in [1.54, 1.807) is 18.7 Å². The zero-order valence-electron chi connectivity index (χ0n) is 17.5. The SMILES string of the molecule is C#CCn1c(=O)c2c(nc(C#Cc3cccc(OCCN(C)C)c3)n2C)n(C)c1=O. The summed E-state index contributed by atoms with van der Waals surface area (Å²) in [4.78, 5) is 31.5. The smallest absolute Gasteiger partial charge is 0.333 e. The average molecular weight is 405 g/mol. The van der Waals surface area contributed by atoms with Gasteiger partial charge in [-0.25, -0.2) is 14.3 Å². The van der Waals surface area contributed by atoms with Crippen molar-refractivity contribution >= 4 is 11.2 Å². The highest BCUT2D eigenvalue weighted by atomic mass is 16.5. The second-order valence-corrected chi connectivity index (χ2v) is 7.03. The minimum Gasteiger partial charge on any atom is -0.492 e. The Kier molecular flexibility index (Phi) is 6.10. The van der Waals surface area contributed by atoms with Crippen LogP contribution in [0.5, 0.6) is 5.75 Å². The Morgan fingerprint density at radius 2 is 1.93 bits per heavy atom. The largest absolute Gasteiger partial charge is 0.492 e. The number of hydrogen-bond acceptors (Lipinski definition) is 5. The molecule has 0 atom stereocenters. The van der Waals surface area contributed by atoms with Crippen molar-refractivity contribution in [3.63, 3.8) is 0 Å². The van der Waals surface area contributed by atoms with Gasteiger partial charge in [0.1, 0.15) is 12.4 Å². The van der Waals surface area contributed by atoms with Gasteiger partial charge in [-0.3, -0.25) is 9.36 Å². The van der Waals surface area contributed by atoms with E-state index in [2.05, 4.69) is 22.7 Å². The summed E-state index contributed by atoms with van der Waals surface area (Å²) >= 11 is 0. The molecule has 0 aliphatic heterocycles. The number of hydrogen-bond donors (Lipinski definition) is 0. The van der Waals surface area contributed by atoms with Crippen LogP contribution in [0.4, 0.5) is 0 Å². The molecule has 0 radical (unpaired) electrons. The van der Waals surface area contributed by atoms with Crippen LogP contribution in [0.3, 0.4) is 0 Å². The number of imidazole rings is 1. The maximum atomic E-state index is 12.7. The van der Waals surface area contributed by atoms with Crippen LogP contribution in [0.15, 0.2) is 33.9 Å². The molecular weight excluding hydrogens is 382 g/mol. The van der Waals surface area contributed by atoms with E-state index in [1.807, 2.05) is 43.3 Å². The maximum absolute atomic E-state index is 12.7. The van der Waals surface area contributed by atoms with E-state index < -0.39 is 11.2 Å². The molecule has 154 valence electrons. The average Bonchev–Trinajstić information content (AvgIpc) is 3.05. The van der Waals surface area contributed by atoms with Crippen LogP contribution in [0.25, 0.3) is 11.2 Å². The maximum Gasteiger partial charge on any atom is 0.333 e.